The number of imidazole rings is 1. The maximum Gasteiger partial charge on any atom is 0.326 e. The molecule has 4 rings (SSSR count). The monoisotopic (exact) mass is 1240 g/mol. The van der Waals surface area contributed by atoms with E-state index in [0.717, 1.165) is 0 Å². The van der Waals surface area contributed by atoms with Crippen molar-refractivity contribution in [2.24, 2.45) is 51.8 Å². The Kier molecular flexibility index (Phi) is 24.5. The molecule has 0 radical (unpaired) electrons. The smallest absolute Gasteiger partial charge is 0.326 e. The zero-order valence-electron chi connectivity index (χ0n) is 50.5. The standard InChI is InChI=1S/C57H81N11O18S/c1-31(45(71)66-54-65-44-43(49(75)67-54)63-35(29-61-44)18-15-32-13-16-33(17-14-32)46(72)64-38(51(78)79)25-39(69)70)40(52(80)81)56(5,6)27-37(50(76)77)41(48(74)60-21-19-34-28-58-30-62-34)57(7,8)26-36(42(53(82)83)55(2,3)4)47(73)59-20-11-22-68(9,10)23-12-24-87(84,85)86/h13-14,16-17,28-31,36-38,40-42H,11-12,15,18-27H2,1-10H3,(H11-,58,59,60,61,62,64,65,66,67,69,70,71,72,73,74,75,76,77,78,79,80,81,82,83,84,85,86). The van der Waals surface area contributed by atoms with Crippen LogP contribution in [0.5, 0.6) is 0 Å². The van der Waals surface area contributed by atoms with Crippen LogP contribution in [0.1, 0.15) is 115 Å². The third-order valence-electron chi connectivity index (χ3n) is 15.5. The van der Waals surface area contributed by atoms with Crippen LogP contribution in [0.15, 0.2) is 47.8 Å². The number of aromatic amines is 2. The molecule has 0 bridgehead atoms. The molecular formula is C57H81N11O18S. The highest BCUT2D eigenvalue weighted by Gasteiger charge is 2.53. The molecule has 7 unspecified atom stereocenters. The molecule has 11 N–H and O–H groups in total. The highest BCUT2D eigenvalue weighted by molar-refractivity contribution is 7.85. The zero-order valence-corrected chi connectivity index (χ0v) is 51.3. The first kappa shape index (κ1) is 71.2. The Balaban J connectivity index is 1.59. The predicted molar refractivity (Wildman–Crippen MR) is 311 cm³/mol. The lowest BCUT2D eigenvalue weighted by Gasteiger charge is -2.44. The van der Waals surface area contributed by atoms with Crippen molar-refractivity contribution in [3.8, 4) is 0 Å². The van der Waals surface area contributed by atoms with Gasteiger partial charge in [0.15, 0.2) is 11.2 Å². The predicted octanol–water partition coefficient (Wildman–Crippen LogP) is 2.54. The number of nitrogens with zero attached hydrogens (tertiary/aromatic N) is 5. The van der Waals surface area contributed by atoms with E-state index in [1.165, 1.54) is 65.5 Å². The Morgan fingerprint density at radius 3 is 1.85 bits per heavy atom. The highest BCUT2D eigenvalue weighted by atomic mass is 32.2. The van der Waals surface area contributed by atoms with Crippen molar-refractivity contribution < 1.29 is 86.1 Å². The lowest BCUT2D eigenvalue weighted by atomic mass is 9.59. The number of aryl methyl sites for hydroxylation is 2. The van der Waals surface area contributed by atoms with E-state index < -0.39 is 151 Å². The molecule has 478 valence electrons. The number of quaternary nitrogens is 1. The summed E-state index contributed by atoms with van der Waals surface area (Å²) in [6, 6.07) is 4.39. The van der Waals surface area contributed by atoms with E-state index in [1.54, 1.807) is 32.9 Å². The van der Waals surface area contributed by atoms with Crippen molar-refractivity contribution in [2.45, 2.75) is 113 Å². The molecule has 0 spiro atoms. The second kappa shape index (κ2) is 29.9. The fourth-order valence-electron chi connectivity index (χ4n) is 11.3. The summed E-state index contributed by atoms with van der Waals surface area (Å²) < 4.78 is 33.9. The number of fused-ring (bicyclic) bond motifs is 1. The molecule has 30 heteroatoms. The fraction of sp³-hybridized carbons (Fsp3) is 0.579. The van der Waals surface area contributed by atoms with Gasteiger partial charge in [0, 0.05) is 61.5 Å². The topological polar surface area (TPSA) is 460 Å². The van der Waals surface area contributed by atoms with Gasteiger partial charge in [-0.3, -0.25) is 53.5 Å². The van der Waals surface area contributed by atoms with Crippen LogP contribution < -0.4 is 26.8 Å². The van der Waals surface area contributed by atoms with Gasteiger partial charge in [-0.25, -0.2) is 28.2 Å². The van der Waals surface area contributed by atoms with Gasteiger partial charge in [-0.15, -0.1) is 0 Å². The maximum absolute atomic E-state index is 14.8. The maximum atomic E-state index is 14.8. The quantitative estimate of drug-likeness (QED) is 0.0179. The van der Waals surface area contributed by atoms with Gasteiger partial charge in [0.1, 0.15) is 6.04 Å². The van der Waals surface area contributed by atoms with Crippen molar-refractivity contribution in [3.63, 3.8) is 0 Å². The number of carbonyl (C=O) groups excluding carboxylic acids is 4. The van der Waals surface area contributed by atoms with Crippen molar-refractivity contribution >= 4 is 80.7 Å². The summed E-state index contributed by atoms with van der Waals surface area (Å²) in [6.45, 7) is 12.9. The molecule has 0 fully saturated rings. The Labute approximate surface area is 502 Å². The Morgan fingerprint density at radius 1 is 0.701 bits per heavy atom. The van der Waals surface area contributed by atoms with Crippen LogP contribution in [0.2, 0.25) is 0 Å². The van der Waals surface area contributed by atoms with Crippen LogP contribution >= 0.6 is 0 Å². The second-order valence-electron chi connectivity index (χ2n) is 25.1. The molecule has 3 heterocycles. The molecule has 0 aliphatic carbocycles. The summed E-state index contributed by atoms with van der Waals surface area (Å²) in [5, 5.41) is 61.3. The number of carboxylic acid groups (broad SMARTS) is 5. The summed E-state index contributed by atoms with van der Waals surface area (Å²) in [5.74, 6) is -20.7. The molecule has 0 aliphatic rings. The summed E-state index contributed by atoms with van der Waals surface area (Å²) in [4.78, 5) is 154. The van der Waals surface area contributed by atoms with Gasteiger partial charge in [0.05, 0.1) is 91.5 Å². The number of anilines is 1. The highest BCUT2D eigenvalue weighted by Crippen LogP contribution is 2.48. The lowest BCUT2D eigenvalue weighted by molar-refractivity contribution is -0.890. The van der Waals surface area contributed by atoms with Gasteiger partial charge in [0.2, 0.25) is 23.7 Å². The minimum absolute atomic E-state index is 0.0256. The van der Waals surface area contributed by atoms with E-state index in [-0.39, 0.29) is 55.5 Å². The average Bonchev–Trinajstić information content (AvgIpc) is 1.17. The summed E-state index contributed by atoms with van der Waals surface area (Å²) >= 11 is 0. The Morgan fingerprint density at radius 2 is 1.30 bits per heavy atom. The number of aromatic nitrogens is 6. The van der Waals surface area contributed by atoms with Crippen LogP contribution in [0, 0.1) is 51.8 Å². The largest absolute Gasteiger partial charge is 0.748 e. The van der Waals surface area contributed by atoms with E-state index in [0.29, 0.717) is 47.4 Å². The number of rotatable bonds is 35. The van der Waals surface area contributed by atoms with Crippen LogP contribution in [0.25, 0.3) is 11.2 Å². The molecule has 4 amide bonds. The fourth-order valence-corrected chi connectivity index (χ4v) is 11.7. The van der Waals surface area contributed by atoms with Crippen LogP contribution in [0.4, 0.5) is 5.95 Å². The average molecular weight is 1240 g/mol. The molecule has 0 saturated carbocycles. The third kappa shape index (κ3) is 21.3. The number of nitrogens with one attached hydrogen (secondary N) is 6. The van der Waals surface area contributed by atoms with E-state index in [9.17, 15) is 81.3 Å². The lowest BCUT2D eigenvalue weighted by Crippen LogP contribution is -2.52. The van der Waals surface area contributed by atoms with Crippen LogP contribution in [-0.4, -0.2) is 178 Å². The van der Waals surface area contributed by atoms with E-state index >= 15 is 0 Å². The number of hydrogen-bond donors (Lipinski definition) is 11. The van der Waals surface area contributed by atoms with E-state index in [2.05, 4.69) is 51.2 Å². The summed E-state index contributed by atoms with van der Waals surface area (Å²) in [5.41, 5.74) is -3.73. The first-order chi connectivity index (χ1) is 40.2. The minimum atomic E-state index is -4.42. The van der Waals surface area contributed by atoms with Gasteiger partial charge >= 0.3 is 29.8 Å². The van der Waals surface area contributed by atoms with Gasteiger partial charge < -0.3 is 55.5 Å². The first-order valence-corrected chi connectivity index (χ1v) is 29.7. The van der Waals surface area contributed by atoms with Crippen molar-refractivity contribution in [1.82, 2.24) is 45.9 Å². The number of carboxylic acids is 5. The Bertz CT molecular complexity index is 3310. The Hall–Kier alpha value is -8.25. The molecule has 4 aromatic rings. The van der Waals surface area contributed by atoms with Gasteiger partial charge in [-0.1, -0.05) is 67.5 Å². The van der Waals surface area contributed by atoms with Crippen LogP contribution in [0.3, 0.4) is 0 Å². The number of benzene rings is 1. The number of H-pyrrole nitrogens is 2. The molecule has 1 aromatic carbocycles. The first-order valence-electron chi connectivity index (χ1n) is 28.1. The van der Waals surface area contributed by atoms with Crippen molar-refractivity contribution in [1.29, 1.82) is 0 Å². The van der Waals surface area contributed by atoms with Crippen molar-refractivity contribution in [2.75, 3.05) is 51.3 Å². The van der Waals surface area contributed by atoms with Gasteiger partial charge in [0.25, 0.3) is 11.5 Å². The second-order valence-corrected chi connectivity index (χ2v) is 26.6. The van der Waals surface area contributed by atoms with Crippen LogP contribution in [-0.2, 0) is 67.7 Å². The third-order valence-corrected chi connectivity index (χ3v) is 16.3. The zero-order chi connectivity index (χ0) is 65.6. The van der Waals surface area contributed by atoms with E-state index in [1.807, 2.05) is 14.1 Å². The summed E-state index contributed by atoms with van der Waals surface area (Å²) in [6.07, 6.45) is 3.83. The number of hydrogen-bond acceptors (Lipinski definition) is 17. The number of amides is 4. The molecule has 0 aliphatic heterocycles. The molecule has 7 atom stereocenters. The number of aliphatic carboxylic acids is 5. The molecule has 3 aromatic heterocycles. The molecule has 0 saturated heterocycles. The minimum Gasteiger partial charge on any atom is -0.748 e. The molecule has 29 nitrogen and oxygen atoms in total. The SMILES string of the molecule is CC(C(=O)Nc1nc2ncc(CCc3ccc(C(=O)NC(CC(=O)O)C(=O)O)cc3)nc2c(=O)[nH]1)C(C(=O)O)C(C)(C)CC(C(=O)O)C(C(=O)NCCc1cnc[nH]1)C(C)(C)CC(C(=O)NCCC[N+](C)(C)CCCS(=O)(=O)[O-])C(C(=O)O)C(C)(C)C. The summed E-state index contributed by atoms with van der Waals surface area (Å²) in [7, 11) is -0.779. The van der Waals surface area contributed by atoms with Crippen molar-refractivity contribution in [3.05, 3.63) is 75.9 Å². The molecular weight excluding hydrogens is 1160 g/mol. The van der Waals surface area contributed by atoms with Gasteiger partial charge in [-0.2, -0.15) is 4.98 Å². The molecule has 87 heavy (non-hydrogen) atoms. The van der Waals surface area contributed by atoms with Gasteiger partial charge in [-0.05, 0) is 59.6 Å². The normalized spacial score (nSPS) is 14.7. The number of carbonyl (C=O) groups is 9. The van der Waals surface area contributed by atoms with E-state index in [4.69, 9.17) is 5.11 Å².